The first kappa shape index (κ1) is 17.5. The molecule has 0 radical (unpaired) electrons. The number of methoxy groups -OCH3 is 2. The predicted molar refractivity (Wildman–Crippen MR) is 89.8 cm³/mol. The molecule has 0 atom stereocenters. The Morgan fingerprint density at radius 3 is 2.58 bits per heavy atom. The van der Waals surface area contributed by atoms with Crippen molar-refractivity contribution in [2.24, 2.45) is 0 Å². The zero-order valence-electron chi connectivity index (χ0n) is 14.0. The van der Waals surface area contributed by atoms with Crippen LogP contribution in [0.25, 0.3) is 0 Å². The van der Waals surface area contributed by atoms with Gasteiger partial charge in [-0.1, -0.05) is 6.92 Å². The molecule has 1 heterocycles. The van der Waals surface area contributed by atoms with Crippen LogP contribution in [0.4, 0.5) is 0 Å². The van der Waals surface area contributed by atoms with Gasteiger partial charge in [0, 0.05) is 30.4 Å². The maximum atomic E-state index is 12.2. The molecule has 0 spiro atoms. The van der Waals surface area contributed by atoms with Gasteiger partial charge in [-0.2, -0.15) is 0 Å². The molecule has 0 aliphatic heterocycles. The second kappa shape index (κ2) is 8.14. The lowest BCUT2D eigenvalue weighted by atomic mass is 10.2. The number of aromatic nitrogens is 2. The highest BCUT2D eigenvalue weighted by Gasteiger charge is 2.10. The fourth-order valence-electron chi connectivity index (χ4n) is 2.19. The average molecular weight is 331 g/mol. The van der Waals surface area contributed by atoms with Crippen LogP contribution in [-0.2, 0) is 13.0 Å². The number of nitrogens with one attached hydrogen (secondary N) is 1. The molecule has 0 saturated carbocycles. The number of nitrogens with zero attached hydrogens (tertiary/aromatic N) is 2. The zero-order chi connectivity index (χ0) is 17.5. The molecule has 128 valence electrons. The van der Waals surface area contributed by atoms with Crippen LogP contribution in [-0.4, -0.2) is 36.2 Å². The molecule has 0 bridgehead atoms. The van der Waals surface area contributed by atoms with Crippen molar-refractivity contribution < 1.29 is 14.3 Å². The lowest BCUT2D eigenvalue weighted by molar-refractivity contribution is 0.0951. The molecule has 0 unspecified atom stereocenters. The summed E-state index contributed by atoms with van der Waals surface area (Å²) in [6.07, 6.45) is 2.22. The topological polar surface area (TPSA) is 82.5 Å². The Morgan fingerprint density at radius 2 is 1.96 bits per heavy atom. The molecule has 1 aromatic carbocycles. The molecule has 0 aliphatic rings. The third kappa shape index (κ3) is 4.13. The molecule has 2 rings (SSSR count). The van der Waals surface area contributed by atoms with Crippen molar-refractivity contribution in [3.05, 3.63) is 52.2 Å². The molecule has 0 saturated heterocycles. The summed E-state index contributed by atoms with van der Waals surface area (Å²) < 4.78 is 11.8. The molecule has 1 aromatic heterocycles. The standard InChI is InChI=1S/C17H21N3O4/c1-4-13-10-16(21)20(11-19-13)8-7-18-17(22)12-5-6-14(23-2)15(9-12)24-3/h5-6,9-11H,4,7-8H2,1-3H3,(H,18,22). The number of carbonyl (C=O) groups is 1. The van der Waals surface area contributed by atoms with Crippen LogP contribution in [0.3, 0.4) is 0 Å². The lowest BCUT2D eigenvalue weighted by Gasteiger charge is -2.10. The fourth-order valence-corrected chi connectivity index (χ4v) is 2.19. The van der Waals surface area contributed by atoms with E-state index in [1.54, 1.807) is 18.2 Å². The van der Waals surface area contributed by atoms with Crippen LogP contribution < -0.4 is 20.3 Å². The molecule has 1 N–H and O–H groups in total. The molecule has 7 heteroatoms. The number of hydrogen-bond donors (Lipinski definition) is 1. The minimum Gasteiger partial charge on any atom is -0.493 e. The van der Waals surface area contributed by atoms with E-state index in [2.05, 4.69) is 10.3 Å². The molecular weight excluding hydrogens is 310 g/mol. The number of rotatable bonds is 7. The zero-order valence-corrected chi connectivity index (χ0v) is 14.0. The van der Waals surface area contributed by atoms with Crippen LogP contribution >= 0.6 is 0 Å². The van der Waals surface area contributed by atoms with Gasteiger partial charge in [0.25, 0.3) is 11.5 Å². The highest BCUT2D eigenvalue weighted by molar-refractivity contribution is 5.94. The lowest BCUT2D eigenvalue weighted by Crippen LogP contribution is -2.31. The van der Waals surface area contributed by atoms with Gasteiger partial charge in [0.05, 0.1) is 20.5 Å². The first-order chi connectivity index (χ1) is 11.6. The second-order valence-corrected chi connectivity index (χ2v) is 5.09. The van der Waals surface area contributed by atoms with Crippen molar-refractivity contribution in [3.8, 4) is 11.5 Å². The highest BCUT2D eigenvalue weighted by Crippen LogP contribution is 2.27. The van der Waals surface area contributed by atoms with Crippen LogP contribution in [0.2, 0.25) is 0 Å². The third-order valence-corrected chi connectivity index (χ3v) is 3.58. The molecule has 0 aliphatic carbocycles. The monoisotopic (exact) mass is 331 g/mol. The van der Waals surface area contributed by atoms with E-state index in [0.717, 1.165) is 5.69 Å². The van der Waals surface area contributed by atoms with E-state index in [4.69, 9.17) is 9.47 Å². The highest BCUT2D eigenvalue weighted by atomic mass is 16.5. The summed E-state index contributed by atoms with van der Waals surface area (Å²) >= 11 is 0. The molecule has 7 nitrogen and oxygen atoms in total. The summed E-state index contributed by atoms with van der Waals surface area (Å²) in [5.41, 5.74) is 1.09. The SMILES string of the molecule is CCc1cc(=O)n(CCNC(=O)c2ccc(OC)c(OC)c2)cn1. The van der Waals surface area contributed by atoms with Gasteiger partial charge in [-0.25, -0.2) is 4.98 Å². The summed E-state index contributed by atoms with van der Waals surface area (Å²) in [5.74, 6) is 0.797. The second-order valence-electron chi connectivity index (χ2n) is 5.09. The summed E-state index contributed by atoms with van der Waals surface area (Å²) in [7, 11) is 3.05. The minimum absolute atomic E-state index is 0.123. The van der Waals surface area contributed by atoms with Gasteiger partial charge >= 0.3 is 0 Å². The molecule has 1 amide bonds. The van der Waals surface area contributed by atoms with Crippen molar-refractivity contribution in [1.82, 2.24) is 14.9 Å². The van der Waals surface area contributed by atoms with Crippen molar-refractivity contribution in [2.45, 2.75) is 19.9 Å². The smallest absolute Gasteiger partial charge is 0.253 e. The van der Waals surface area contributed by atoms with Crippen LogP contribution in [0.15, 0.2) is 35.4 Å². The fraction of sp³-hybridized carbons (Fsp3) is 0.353. The minimum atomic E-state index is -0.248. The van der Waals surface area contributed by atoms with Crippen LogP contribution in [0.5, 0.6) is 11.5 Å². The van der Waals surface area contributed by atoms with E-state index in [9.17, 15) is 9.59 Å². The largest absolute Gasteiger partial charge is 0.493 e. The Labute approximate surface area is 140 Å². The Morgan fingerprint density at radius 1 is 1.21 bits per heavy atom. The summed E-state index contributed by atoms with van der Waals surface area (Å²) in [4.78, 5) is 28.2. The van der Waals surface area contributed by atoms with E-state index in [1.165, 1.54) is 31.2 Å². The van der Waals surface area contributed by atoms with Gasteiger partial charge < -0.3 is 14.8 Å². The number of aryl methyl sites for hydroxylation is 1. The first-order valence-corrected chi connectivity index (χ1v) is 7.64. The van der Waals surface area contributed by atoms with Gasteiger partial charge in [-0.3, -0.25) is 14.2 Å². The van der Waals surface area contributed by atoms with E-state index in [1.807, 2.05) is 6.92 Å². The van der Waals surface area contributed by atoms with Crippen LogP contribution in [0, 0.1) is 0 Å². The van der Waals surface area contributed by atoms with Gasteiger partial charge in [0.15, 0.2) is 11.5 Å². The van der Waals surface area contributed by atoms with Gasteiger partial charge in [0.1, 0.15) is 0 Å². The van der Waals surface area contributed by atoms with Crippen molar-refractivity contribution in [3.63, 3.8) is 0 Å². The number of amides is 1. The van der Waals surface area contributed by atoms with E-state index >= 15 is 0 Å². The Hall–Kier alpha value is -2.83. The summed E-state index contributed by atoms with van der Waals surface area (Å²) in [6.45, 7) is 2.62. The number of hydrogen-bond acceptors (Lipinski definition) is 5. The Kier molecular flexibility index (Phi) is 5.95. The Bertz CT molecular complexity index is 771. The van der Waals surface area contributed by atoms with Gasteiger partial charge in [-0.05, 0) is 24.6 Å². The Balaban J connectivity index is 1.97. The molecule has 24 heavy (non-hydrogen) atoms. The van der Waals surface area contributed by atoms with Crippen molar-refractivity contribution in [1.29, 1.82) is 0 Å². The average Bonchev–Trinajstić information content (AvgIpc) is 2.62. The molecular formula is C17H21N3O4. The maximum absolute atomic E-state index is 12.2. The van der Waals surface area contributed by atoms with Gasteiger partial charge in [-0.15, -0.1) is 0 Å². The number of ether oxygens (including phenoxy) is 2. The maximum Gasteiger partial charge on any atom is 0.253 e. The molecule has 2 aromatic rings. The van der Waals surface area contributed by atoms with E-state index < -0.39 is 0 Å². The predicted octanol–water partition coefficient (Wildman–Crippen LogP) is 1.25. The van der Waals surface area contributed by atoms with E-state index in [-0.39, 0.29) is 11.5 Å². The van der Waals surface area contributed by atoms with Crippen molar-refractivity contribution in [2.75, 3.05) is 20.8 Å². The van der Waals surface area contributed by atoms with Gasteiger partial charge in [0.2, 0.25) is 0 Å². The first-order valence-electron chi connectivity index (χ1n) is 7.64. The normalized spacial score (nSPS) is 10.3. The molecule has 0 fully saturated rings. The summed E-state index contributed by atoms with van der Waals surface area (Å²) in [5, 5.41) is 2.77. The third-order valence-electron chi connectivity index (χ3n) is 3.58. The summed E-state index contributed by atoms with van der Waals surface area (Å²) in [6, 6.07) is 6.44. The quantitative estimate of drug-likeness (QED) is 0.826. The number of carbonyl (C=O) groups excluding carboxylic acids is 1. The van der Waals surface area contributed by atoms with E-state index in [0.29, 0.717) is 36.6 Å². The number of benzene rings is 1. The van der Waals surface area contributed by atoms with Crippen LogP contribution in [0.1, 0.15) is 23.0 Å². The van der Waals surface area contributed by atoms with Crippen molar-refractivity contribution >= 4 is 5.91 Å².